The number of nitrogens with zero attached hydrogens (tertiary/aromatic N) is 4. The third-order valence-electron chi connectivity index (χ3n) is 4.15. The number of halogens is 1. The van der Waals surface area contributed by atoms with Gasteiger partial charge in [0.05, 0.1) is 9.46 Å². The normalized spacial score (nSPS) is 14.0. The third kappa shape index (κ3) is 3.49. The summed E-state index contributed by atoms with van der Waals surface area (Å²) in [6, 6.07) is 13.5. The smallest absolute Gasteiger partial charge is 0.271 e. The number of thiazole rings is 1. The molecule has 0 atom stereocenters. The van der Waals surface area contributed by atoms with Crippen molar-refractivity contribution >= 4 is 40.4 Å². The number of benzene rings is 2. The average molecular weight is 401 g/mol. The molecule has 0 fully saturated rings. The van der Waals surface area contributed by atoms with Crippen LogP contribution >= 0.6 is 22.9 Å². The van der Waals surface area contributed by atoms with Crippen LogP contribution in [0.15, 0.2) is 58.3 Å². The topological polar surface area (TPSA) is 80.7 Å². The zero-order chi connectivity index (χ0) is 19.0. The van der Waals surface area contributed by atoms with Gasteiger partial charge in [0, 0.05) is 22.8 Å². The minimum atomic E-state index is -0.439. The number of nitro benzene ring substituents is 1. The highest BCUT2D eigenvalue weighted by Crippen LogP contribution is 2.21. The van der Waals surface area contributed by atoms with Gasteiger partial charge in [0.1, 0.15) is 13.3 Å². The standard InChI is InChI=1S/C18H13ClN4O3S/c19-13-6-4-12(5-7-13)8-16-17(24)22-11-21(10-20-18(22)27-16)14-2-1-3-15(9-14)23(25)26/h1-9H,10-11H2. The molecule has 0 unspecified atom stereocenters. The van der Waals surface area contributed by atoms with Crippen molar-refractivity contribution in [2.24, 2.45) is 4.99 Å². The molecule has 2 aromatic carbocycles. The number of aromatic nitrogens is 1. The van der Waals surface area contributed by atoms with E-state index < -0.39 is 4.92 Å². The van der Waals surface area contributed by atoms with Crippen LogP contribution in [-0.2, 0) is 6.67 Å². The van der Waals surface area contributed by atoms with Gasteiger partial charge in [0.15, 0.2) is 4.80 Å². The number of non-ortho nitro benzene ring substituents is 1. The summed E-state index contributed by atoms with van der Waals surface area (Å²) in [6.45, 7) is 0.630. The van der Waals surface area contributed by atoms with E-state index in [4.69, 9.17) is 11.6 Å². The van der Waals surface area contributed by atoms with E-state index in [0.717, 1.165) is 5.56 Å². The molecule has 2 heterocycles. The van der Waals surface area contributed by atoms with Gasteiger partial charge in [-0.2, -0.15) is 0 Å². The van der Waals surface area contributed by atoms with Gasteiger partial charge in [0.25, 0.3) is 11.2 Å². The van der Waals surface area contributed by atoms with Crippen LogP contribution in [0.25, 0.3) is 6.08 Å². The maximum atomic E-state index is 12.8. The van der Waals surface area contributed by atoms with Gasteiger partial charge in [-0.05, 0) is 29.8 Å². The highest BCUT2D eigenvalue weighted by atomic mass is 35.5. The molecule has 0 bridgehead atoms. The highest BCUT2D eigenvalue weighted by Gasteiger charge is 2.17. The van der Waals surface area contributed by atoms with Crippen molar-refractivity contribution in [3.63, 3.8) is 0 Å². The van der Waals surface area contributed by atoms with Crippen molar-refractivity contribution in [3.05, 3.63) is 88.9 Å². The fraction of sp³-hybridized carbons (Fsp3) is 0.111. The number of anilines is 1. The Bertz CT molecular complexity index is 1200. The lowest BCUT2D eigenvalue weighted by atomic mass is 10.2. The van der Waals surface area contributed by atoms with Gasteiger partial charge >= 0.3 is 0 Å². The SMILES string of the molecule is O=c1c(=Cc2ccc(Cl)cc2)sc2n1CN(c1cccc([N+](=O)[O-])c1)CN=2. The Morgan fingerprint density at radius 1 is 1.22 bits per heavy atom. The van der Waals surface area contributed by atoms with Crippen molar-refractivity contribution < 1.29 is 4.92 Å². The summed E-state index contributed by atoms with van der Waals surface area (Å²) in [5.41, 5.74) is 1.41. The molecule has 0 saturated carbocycles. The van der Waals surface area contributed by atoms with Crippen LogP contribution < -0.4 is 19.8 Å². The van der Waals surface area contributed by atoms with E-state index in [0.29, 0.717) is 33.4 Å². The summed E-state index contributed by atoms with van der Waals surface area (Å²) in [5.74, 6) is 0. The van der Waals surface area contributed by atoms with Crippen LogP contribution in [0.5, 0.6) is 0 Å². The van der Waals surface area contributed by atoms with Crippen molar-refractivity contribution in [3.8, 4) is 0 Å². The van der Waals surface area contributed by atoms with Gasteiger partial charge in [-0.3, -0.25) is 19.5 Å². The fourth-order valence-corrected chi connectivity index (χ4v) is 3.88. The molecule has 136 valence electrons. The highest BCUT2D eigenvalue weighted by molar-refractivity contribution is 7.07. The van der Waals surface area contributed by atoms with Crippen LogP contribution in [0.3, 0.4) is 0 Å². The van der Waals surface area contributed by atoms with Crippen molar-refractivity contribution in [2.45, 2.75) is 6.67 Å². The van der Waals surface area contributed by atoms with Crippen molar-refractivity contribution in [1.29, 1.82) is 0 Å². The van der Waals surface area contributed by atoms with Gasteiger partial charge in [-0.15, -0.1) is 0 Å². The predicted octanol–water partition coefficient (Wildman–Crippen LogP) is 2.36. The summed E-state index contributed by atoms with van der Waals surface area (Å²) in [6.07, 6.45) is 1.81. The number of rotatable bonds is 3. The Morgan fingerprint density at radius 3 is 2.74 bits per heavy atom. The first-order chi connectivity index (χ1) is 13.0. The monoisotopic (exact) mass is 400 g/mol. The lowest BCUT2D eigenvalue weighted by molar-refractivity contribution is -0.384. The third-order valence-corrected chi connectivity index (χ3v) is 5.45. The van der Waals surface area contributed by atoms with Crippen molar-refractivity contribution in [1.82, 2.24) is 4.57 Å². The second kappa shape index (κ2) is 6.98. The van der Waals surface area contributed by atoms with Gasteiger partial charge in [-0.25, -0.2) is 4.99 Å². The Labute approximate surface area is 162 Å². The molecule has 0 spiro atoms. The molecule has 1 aliphatic rings. The summed E-state index contributed by atoms with van der Waals surface area (Å²) in [4.78, 5) is 30.2. The quantitative estimate of drug-likeness (QED) is 0.499. The lowest BCUT2D eigenvalue weighted by Crippen LogP contribution is -2.42. The average Bonchev–Trinajstić information content (AvgIpc) is 2.99. The molecule has 3 aromatic rings. The van der Waals surface area contributed by atoms with Crippen LogP contribution in [0, 0.1) is 10.1 Å². The van der Waals surface area contributed by atoms with E-state index >= 15 is 0 Å². The summed E-state index contributed by atoms with van der Waals surface area (Å²) in [5, 5.41) is 11.6. The zero-order valence-corrected chi connectivity index (χ0v) is 15.5. The van der Waals surface area contributed by atoms with E-state index in [2.05, 4.69) is 4.99 Å². The van der Waals surface area contributed by atoms with Gasteiger partial charge in [-0.1, -0.05) is 41.1 Å². The largest absolute Gasteiger partial charge is 0.333 e. The Hall–Kier alpha value is -2.97. The summed E-state index contributed by atoms with van der Waals surface area (Å²) >= 11 is 7.22. The lowest BCUT2D eigenvalue weighted by Gasteiger charge is -2.25. The second-order valence-electron chi connectivity index (χ2n) is 5.94. The minimum absolute atomic E-state index is 0.00715. The number of hydrogen-bond acceptors (Lipinski definition) is 6. The first kappa shape index (κ1) is 17.4. The van der Waals surface area contributed by atoms with Crippen LogP contribution in [0.1, 0.15) is 5.56 Å². The Kier molecular flexibility index (Phi) is 4.51. The molecular formula is C18H13ClN4O3S. The molecule has 9 heteroatoms. The van der Waals surface area contributed by atoms with Crippen LogP contribution in [-0.4, -0.2) is 16.2 Å². The number of hydrogen-bond donors (Lipinski definition) is 0. The van der Waals surface area contributed by atoms with Gasteiger partial charge < -0.3 is 4.90 Å². The van der Waals surface area contributed by atoms with Gasteiger partial charge in [0.2, 0.25) is 0 Å². The van der Waals surface area contributed by atoms with E-state index in [1.54, 1.807) is 28.8 Å². The first-order valence-corrected chi connectivity index (χ1v) is 9.21. The van der Waals surface area contributed by atoms with E-state index in [9.17, 15) is 14.9 Å². The van der Waals surface area contributed by atoms with E-state index in [-0.39, 0.29) is 11.2 Å². The van der Waals surface area contributed by atoms with Crippen molar-refractivity contribution in [2.75, 3.05) is 11.6 Å². The minimum Gasteiger partial charge on any atom is -0.333 e. The first-order valence-electron chi connectivity index (χ1n) is 8.02. The molecule has 1 aromatic heterocycles. The predicted molar refractivity (Wildman–Crippen MR) is 105 cm³/mol. The van der Waals surface area contributed by atoms with E-state index in [1.807, 2.05) is 23.1 Å². The molecule has 27 heavy (non-hydrogen) atoms. The molecule has 1 aliphatic heterocycles. The maximum Gasteiger partial charge on any atom is 0.271 e. The summed E-state index contributed by atoms with van der Waals surface area (Å²) < 4.78 is 2.16. The molecular weight excluding hydrogens is 388 g/mol. The zero-order valence-electron chi connectivity index (χ0n) is 13.9. The fourth-order valence-electron chi connectivity index (χ4n) is 2.79. The molecule has 0 amide bonds. The number of fused-ring (bicyclic) bond motifs is 1. The molecule has 0 radical (unpaired) electrons. The molecule has 7 nitrogen and oxygen atoms in total. The van der Waals surface area contributed by atoms with Crippen LogP contribution in [0.4, 0.5) is 11.4 Å². The van der Waals surface area contributed by atoms with E-state index in [1.165, 1.54) is 23.5 Å². The molecule has 0 N–H and O–H groups in total. The molecule has 0 saturated heterocycles. The van der Waals surface area contributed by atoms with Crippen LogP contribution in [0.2, 0.25) is 5.02 Å². The Balaban J connectivity index is 1.69. The summed E-state index contributed by atoms with van der Waals surface area (Å²) in [7, 11) is 0. The Morgan fingerprint density at radius 2 is 2.00 bits per heavy atom. The molecule has 4 rings (SSSR count). The molecule has 0 aliphatic carbocycles. The maximum absolute atomic E-state index is 12.8. The second-order valence-corrected chi connectivity index (χ2v) is 7.38. The number of nitro groups is 1.